The molecule has 0 aromatic carbocycles. The van der Waals surface area contributed by atoms with Gasteiger partial charge in [-0.2, -0.15) is 0 Å². The zero-order valence-electron chi connectivity index (χ0n) is 9.80. The third-order valence-corrected chi connectivity index (χ3v) is 3.07. The normalized spacial score (nSPS) is 20.1. The number of methoxy groups -OCH3 is 1. The van der Waals surface area contributed by atoms with Gasteiger partial charge in [-0.3, -0.25) is 9.78 Å². The van der Waals surface area contributed by atoms with Gasteiger partial charge in [0.15, 0.2) is 0 Å². The van der Waals surface area contributed by atoms with Crippen LogP contribution in [0.3, 0.4) is 0 Å². The average Bonchev–Trinajstić information content (AvgIpc) is 2.39. The Labute approximate surface area is 100 Å². The molecule has 1 aliphatic heterocycles. The van der Waals surface area contributed by atoms with Gasteiger partial charge in [0.1, 0.15) is 5.75 Å². The van der Waals surface area contributed by atoms with Gasteiger partial charge in [-0.05, 0) is 12.8 Å². The number of carboxylic acids is 1. The highest BCUT2D eigenvalue weighted by molar-refractivity contribution is 5.71. The van der Waals surface area contributed by atoms with Gasteiger partial charge < -0.3 is 14.7 Å². The number of carboxylic acid groups (broad SMARTS) is 1. The van der Waals surface area contributed by atoms with Crippen molar-refractivity contribution >= 4 is 11.7 Å². The standard InChI is InChI=1S/C12H16N2O3/c1-17-11-5-10(6-13-7-11)14-4-2-3-9(8-14)12(15)16/h5-7,9H,2-4,8H2,1H3,(H,15,16)/t9-/m0/s1. The minimum Gasteiger partial charge on any atom is -0.495 e. The predicted octanol–water partition coefficient (Wildman–Crippen LogP) is 1.39. The van der Waals surface area contributed by atoms with Gasteiger partial charge in [0.2, 0.25) is 0 Å². The Morgan fingerprint density at radius 3 is 3.12 bits per heavy atom. The van der Waals surface area contributed by atoms with Crippen LogP contribution < -0.4 is 9.64 Å². The molecule has 1 aromatic rings. The highest BCUT2D eigenvalue weighted by Crippen LogP contribution is 2.25. The molecule has 0 saturated carbocycles. The number of hydrogen-bond donors (Lipinski definition) is 1. The molecule has 17 heavy (non-hydrogen) atoms. The van der Waals surface area contributed by atoms with Crippen LogP contribution in [0.4, 0.5) is 5.69 Å². The van der Waals surface area contributed by atoms with E-state index in [1.807, 2.05) is 6.07 Å². The van der Waals surface area contributed by atoms with Gasteiger partial charge in [-0.25, -0.2) is 0 Å². The minimum atomic E-state index is -0.717. The van der Waals surface area contributed by atoms with E-state index in [2.05, 4.69) is 9.88 Å². The van der Waals surface area contributed by atoms with Crippen LogP contribution in [0.1, 0.15) is 12.8 Å². The predicted molar refractivity (Wildman–Crippen MR) is 63.4 cm³/mol. The van der Waals surface area contributed by atoms with Gasteiger partial charge in [0.25, 0.3) is 0 Å². The average molecular weight is 236 g/mol. The maximum atomic E-state index is 11.0. The topological polar surface area (TPSA) is 62.7 Å². The van der Waals surface area contributed by atoms with Gasteiger partial charge in [-0.15, -0.1) is 0 Å². The summed E-state index contributed by atoms with van der Waals surface area (Å²) in [7, 11) is 1.59. The molecular weight excluding hydrogens is 220 g/mol. The summed E-state index contributed by atoms with van der Waals surface area (Å²) in [5.74, 6) is -0.305. The molecule has 92 valence electrons. The summed E-state index contributed by atoms with van der Waals surface area (Å²) >= 11 is 0. The molecule has 5 nitrogen and oxygen atoms in total. The van der Waals surface area contributed by atoms with E-state index in [1.54, 1.807) is 19.5 Å². The zero-order valence-corrected chi connectivity index (χ0v) is 9.80. The lowest BCUT2D eigenvalue weighted by Gasteiger charge is -2.32. The molecule has 1 N–H and O–H groups in total. The van der Waals surface area contributed by atoms with E-state index >= 15 is 0 Å². The van der Waals surface area contributed by atoms with Gasteiger partial charge >= 0.3 is 5.97 Å². The van der Waals surface area contributed by atoms with Crippen molar-refractivity contribution in [1.82, 2.24) is 4.98 Å². The van der Waals surface area contributed by atoms with Crippen LogP contribution in [0, 0.1) is 5.92 Å². The maximum absolute atomic E-state index is 11.0. The third-order valence-electron chi connectivity index (χ3n) is 3.07. The van der Waals surface area contributed by atoms with Crippen molar-refractivity contribution in [3.63, 3.8) is 0 Å². The molecule has 2 heterocycles. The van der Waals surface area contributed by atoms with Crippen LogP contribution in [-0.4, -0.2) is 36.3 Å². The van der Waals surface area contributed by atoms with Crippen molar-refractivity contribution < 1.29 is 14.6 Å². The number of carbonyl (C=O) groups is 1. The van der Waals surface area contributed by atoms with Crippen molar-refractivity contribution in [2.75, 3.05) is 25.1 Å². The number of hydrogen-bond acceptors (Lipinski definition) is 4. The summed E-state index contributed by atoms with van der Waals surface area (Å²) in [4.78, 5) is 17.1. The second kappa shape index (κ2) is 5.03. The molecule has 5 heteroatoms. The van der Waals surface area contributed by atoms with Crippen LogP contribution in [0.25, 0.3) is 0 Å². The molecule has 2 rings (SSSR count). The van der Waals surface area contributed by atoms with E-state index in [9.17, 15) is 4.79 Å². The molecule has 1 aromatic heterocycles. The molecule has 1 atom stereocenters. The Kier molecular flexibility index (Phi) is 3.46. The van der Waals surface area contributed by atoms with Crippen molar-refractivity contribution in [2.45, 2.75) is 12.8 Å². The summed E-state index contributed by atoms with van der Waals surface area (Å²) in [6, 6.07) is 1.89. The highest BCUT2D eigenvalue weighted by Gasteiger charge is 2.25. The summed E-state index contributed by atoms with van der Waals surface area (Å²) in [5.41, 5.74) is 0.926. The molecule has 0 spiro atoms. The number of rotatable bonds is 3. The Morgan fingerprint density at radius 2 is 2.41 bits per heavy atom. The van der Waals surface area contributed by atoms with E-state index < -0.39 is 5.97 Å². The number of anilines is 1. The Bertz CT molecular complexity index is 408. The highest BCUT2D eigenvalue weighted by atomic mass is 16.5. The summed E-state index contributed by atoms with van der Waals surface area (Å²) in [5, 5.41) is 9.04. The fourth-order valence-electron chi connectivity index (χ4n) is 2.11. The molecule has 0 aliphatic carbocycles. The molecule has 0 radical (unpaired) electrons. The van der Waals surface area contributed by atoms with E-state index in [0.717, 1.165) is 25.1 Å². The Morgan fingerprint density at radius 1 is 1.59 bits per heavy atom. The first-order valence-corrected chi connectivity index (χ1v) is 5.67. The summed E-state index contributed by atoms with van der Waals surface area (Å²) in [6.45, 7) is 1.42. The molecule has 0 amide bonds. The first kappa shape index (κ1) is 11.7. The number of pyridine rings is 1. The Hall–Kier alpha value is -1.78. The van der Waals surface area contributed by atoms with Crippen LogP contribution in [-0.2, 0) is 4.79 Å². The van der Waals surface area contributed by atoms with Crippen molar-refractivity contribution in [3.05, 3.63) is 18.5 Å². The van der Waals surface area contributed by atoms with Crippen LogP contribution in [0.5, 0.6) is 5.75 Å². The molecule has 1 aliphatic rings. The number of ether oxygens (including phenoxy) is 1. The van der Waals surface area contributed by atoms with Crippen molar-refractivity contribution in [2.24, 2.45) is 5.92 Å². The number of piperidine rings is 1. The lowest BCUT2D eigenvalue weighted by atomic mass is 9.98. The minimum absolute atomic E-state index is 0.282. The van der Waals surface area contributed by atoms with E-state index in [1.165, 1.54) is 0 Å². The Balaban J connectivity index is 2.13. The second-order valence-corrected chi connectivity index (χ2v) is 4.21. The van der Waals surface area contributed by atoms with E-state index in [-0.39, 0.29) is 5.92 Å². The van der Waals surface area contributed by atoms with E-state index in [0.29, 0.717) is 12.3 Å². The number of aromatic nitrogens is 1. The third kappa shape index (κ3) is 2.67. The molecule has 0 bridgehead atoms. The van der Waals surface area contributed by atoms with Crippen LogP contribution >= 0.6 is 0 Å². The fourth-order valence-corrected chi connectivity index (χ4v) is 2.11. The van der Waals surface area contributed by atoms with Gasteiger partial charge in [-0.1, -0.05) is 0 Å². The SMILES string of the molecule is COc1cncc(N2CCC[C@H](C(=O)O)C2)c1. The van der Waals surface area contributed by atoms with E-state index in [4.69, 9.17) is 9.84 Å². The summed E-state index contributed by atoms with van der Waals surface area (Å²) in [6.07, 6.45) is 5.03. The fraction of sp³-hybridized carbons (Fsp3) is 0.500. The van der Waals surface area contributed by atoms with Crippen LogP contribution in [0.2, 0.25) is 0 Å². The molecular formula is C12H16N2O3. The van der Waals surface area contributed by atoms with Gasteiger partial charge in [0.05, 0.1) is 31.1 Å². The number of aliphatic carboxylic acids is 1. The number of nitrogens with zero attached hydrogens (tertiary/aromatic N) is 2. The smallest absolute Gasteiger partial charge is 0.308 e. The first-order valence-electron chi connectivity index (χ1n) is 5.67. The van der Waals surface area contributed by atoms with Crippen LogP contribution in [0.15, 0.2) is 18.5 Å². The van der Waals surface area contributed by atoms with Crippen molar-refractivity contribution in [1.29, 1.82) is 0 Å². The lowest BCUT2D eigenvalue weighted by molar-refractivity contribution is -0.141. The van der Waals surface area contributed by atoms with Crippen molar-refractivity contribution in [3.8, 4) is 5.75 Å². The first-order chi connectivity index (χ1) is 8.20. The monoisotopic (exact) mass is 236 g/mol. The quantitative estimate of drug-likeness (QED) is 0.859. The van der Waals surface area contributed by atoms with Gasteiger partial charge in [0, 0.05) is 19.2 Å². The largest absolute Gasteiger partial charge is 0.495 e. The maximum Gasteiger partial charge on any atom is 0.308 e. The summed E-state index contributed by atoms with van der Waals surface area (Å²) < 4.78 is 5.11. The molecule has 1 saturated heterocycles. The second-order valence-electron chi connectivity index (χ2n) is 4.21. The molecule has 0 unspecified atom stereocenters. The lowest BCUT2D eigenvalue weighted by Crippen LogP contribution is -2.38. The zero-order chi connectivity index (χ0) is 12.3. The molecule has 1 fully saturated rings.